The molecule has 0 atom stereocenters. The number of carbonyl (C=O) groups is 2. The maximum atomic E-state index is 13.3. The Kier molecular flexibility index (Phi) is 8.52. The van der Waals surface area contributed by atoms with Gasteiger partial charge in [0.15, 0.2) is 11.5 Å². The molecule has 206 valence electrons. The fourth-order valence-electron chi connectivity index (χ4n) is 4.20. The van der Waals surface area contributed by atoms with Crippen molar-refractivity contribution >= 4 is 75.4 Å². The quantitative estimate of drug-likeness (QED) is 0.0820. The average molecular weight is 627 g/mol. The minimum Gasteiger partial charge on any atom is -0.493 e. The third-order valence-corrected chi connectivity index (χ3v) is 7.22. The third kappa shape index (κ3) is 6.04. The molecule has 2 N–H and O–H groups in total. The Morgan fingerprint density at radius 3 is 2.32 bits per heavy atom. The number of fused-ring (bicyclic) bond motifs is 1. The number of hydrogen-bond acceptors (Lipinski definition) is 5. The number of nitrogens with zero attached hydrogens (tertiary/aromatic N) is 1. The van der Waals surface area contributed by atoms with Gasteiger partial charge >= 0.3 is 5.97 Å². The van der Waals surface area contributed by atoms with Crippen LogP contribution in [0.15, 0.2) is 84.0 Å². The van der Waals surface area contributed by atoms with Crippen molar-refractivity contribution in [2.45, 2.75) is 0 Å². The van der Waals surface area contributed by atoms with E-state index >= 15 is 0 Å². The van der Waals surface area contributed by atoms with Crippen LogP contribution in [0.3, 0.4) is 0 Å². The molecule has 0 unspecified atom stereocenters. The average Bonchev–Trinajstić information content (AvgIpc) is 3.33. The predicted octanol–water partition coefficient (Wildman–Crippen LogP) is 8.44. The molecule has 11 heteroatoms. The number of nitrogens with one attached hydrogen (secondary N) is 2. The Hall–Kier alpha value is -4.01. The lowest BCUT2D eigenvalue weighted by molar-refractivity contribution is 0.0729. The van der Waals surface area contributed by atoms with Crippen molar-refractivity contribution in [2.24, 2.45) is 5.10 Å². The molecule has 41 heavy (non-hydrogen) atoms. The molecule has 4 aromatic carbocycles. The second kappa shape index (κ2) is 12.2. The molecule has 1 amide bonds. The summed E-state index contributed by atoms with van der Waals surface area (Å²) in [5.74, 6) is -0.686. The van der Waals surface area contributed by atoms with E-state index in [0.717, 1.165) is 0 Å². The molecule has 0 saturated heterocycles. The zero-order valence-corrected chi connectivity index (χ0v) is 24.2. The topological polar surface area (TPSA) is 92.8 Å². The van der Waals surface area contributed by atoms with Gasteiger partial charge in [0.05, 0.1) is 28.9 Å². The molecular formula is C30H19Cl4N3O4. The summed E-state index contributed by atoms with van der Waals surface area (Å²) in [6.07, 6.45) is 1.42. The summed E-state index contributed by atoms with van der Waals surface area (Å²) < 4.78 is 10.9. The third-order valence-electron chi connectivity index (χ3n) is 6.05. The van der Waals surface area contributed by atoms with Gasteiger partial charge in [-0.2, -0.15) is 5.10 Å². The zero-order valence-electron chi connectivity index (χ0n) is 21.2. The van der Waals surface area contributed by atoms with Crippen molar-refractivity contribution in [3.63, 3.8) is 0 Å². The summed E-state index contributed by atoms with van der Waals surface area (Å²) in [7, 11) is 1.44. The van der Waals surface area contributed by atoms with Crippen LogP contribution in [0.5, 0.6) is 11.5 Å². The molecule has 0 aliphatic carbocycles. The molecule has 0 fully saturated rings. The molecular weight excluding hydrogens is 608 g/mol. The number of amides is 1. The predicted molar refractivity (Wildman–Crippen MR) is 163 cm³/mol. The van der Waals surface area contributed by atoms with E-state index < -0.39 is 11.9 Å². The number of benzene rings is 4. The van der Waals surface area contributed by atoms with Crippen LogP contribution >= 0.6 is 46.4 Å². The first-order chi connectivity index (χ1) is 19.8. The molecule has 0 spiro atoms. The second-order valence-corrected chi connectivity index (χ2v) is 10.3. The van der Waals surface area contributed by atoms with E-state index in [4.69, 9.17) is 55.9 Å². The second-order valence-electron chi connectivity index (χ2n) is 8.64. The van der Waals surface area contributed by atoms with Crippen LogP contribution < -0.4 is 14.9 Å². The molecule has 0 bridgehead atoms. The van der Waals surface area contributed by atoms with Crippen LogP contribution in [0.4, 0.5) is 0 Å². The number of methoxy groups -OCH3 is 1. The molecule has 5 rings (SSSR count). The highest BCUT2D eigenvalue weighted by atomic mass is 35.5. The molecule has 0 aliphatic rings. The smallest absolute Gasteiger partial charge is 0.345 e. The Bertz CT molecular complexity index is 1830. The van der Waals surface area contributed by atoms with Gasteiger partial charge in [-0.15, -0.1) is 0 Å². The number of hydrogen-bond donors (Lipinski definition) is 2. The lowest BCUT2D eigenvalue weighted by Crippen LogP contribution is -2.19. The first-order valence-electron chi connectivity index (χ1n) is 12.0. The van der Waals surface area contributed by atoms with Crippen molar-refractivity contribution in [2.75, 3.05) is 7.11 Å². The molecule has 0 saturated carbocycles. The number of halogens is 4. The number of hydrazone groups is 1. The number of carbonyl (C=O) groups excluding carboxylic acids is 2. The fourth-order valence-corrected chi connectivity index (χ4v) is 5.23. The van der Waals surface area contributed by atoms with Gasteiger partial charge in [0, 0.05) is 32.1 Å². The minimum absolute atomic E-state index is 0.191. The monoisotopic (exact) mass is 625 g/mol. The maximum absolute atomic E-state index is 13.3. The summed E-state index contributed by atoms with van der Waals surface area (Å²) >= 11 is 25.3. The Balaban J connectivity index is 1.39. The lowest BCUT2D eigenvalue weighted by atomic mass is 10.0. The van der Waals surface area contributed by atoms with Gasteiger partial charge in [0.25, 0.3) is 5.91 Å². The number of ether oxygens (including phenoxy) is 2. The van der Waals surface area contributed by atoms with Gasteiger partial charge in [-0.1, -0.05) is 76.7 Å². The maximum Gasteiger partial charge on any atom is 0.345 e. The number of aromatic amines is 1. The van der Waals surface area contributed by atoms with Crippen LogP contribution in [-0.2, 0) is 0 Å². The molecule has 1 heterocycles. The van der Waals surface area contributed by atoms with Crippen molar-refractivity contribution in [3.05, 3.63) is 116 Å². The van der Waals surface area contributed by atoms with Gasteiger partial charge in [-0.25, -0.2) is 10.2 Å². The van der Waals surface area contributed by atoms with E-state index in [1.807, 2.05) is 6.07 Å². The number of H-pyrrole nitrogens is 1. The van der Waals surface area contributed by atoms with Crippen LogP contribution in [-0.4, -0.2) is 30.2 Å². The molecule has 0 radical (unpaired) electrons. The SMILES string of the molecule is COc1cc(C=NNC(=O)c2[nH]c3cc(Cl)cc(Cl)c3c2-c2ccccc2Cl)ccc1OC(=O)c1ccccc1Cl. The summed E-state index contributed by atoms with van der Waals surface area (Å²) in [5.41, 5.74) is 5.22. The van der Waals surface area contributed by atoms with Gasteiger partial charge in [-0.3, -0.25) is 4.79 Å². The van der Waals surface area contributed by atoms with E-state index in [1.54, 1.807) is 72.8 Å². The van der Waals surface area contributed by atoms with Gasteiger partial charge < -0.3 is 14.5 Å². The highest BCUT2D eigenvalue weighted by molar-refractivity contribution is 6.41. The van der Waals surface area contributed by atoms with Crippen molar-refractivity contribution in [1.29, 1.82) is 0 Å². The Labute approximate surface area is 254 Å². The number of rotatable bonds is 7. The number of aromatic nitrogens is 1. The fraction of sp³-hybridized carbons (Fsp3) is 0.0333. The molecule has 5 aromatic rings. The summed E-state index contributed by atoms with van der Waals surface area (Å²) in [6.45, 7) is 0. The van der Waals surface area contributed by atoms with E-state index in [2.05, 4.69) is 15.5 Å². The zero-order chi connectivity index (χ0) is 29.1. The molecule has 1 aromatic heterocycles. The largest absolute Gasteiger partial charge is 0.493 e. The van der Waals surface area contributed by atoms with Crippen LogP contribution in [0, 0.1) is 0 Å². The van der Waals surface area contributed by atoms with Crippen molar-refractivity contribution in [1.82, 2.24) is 10.4 Å². The standard InChI is InChI=1S/C30H19Cl4N3O4/c1-40-25-12-16(10-11-24(25)41-30(39)19-7-3-5-9-21(19)33)15-35-37-29(38)28-26(18-6-2-4-8-20(18)32)27-22(34)13-17(31)14-23(27)36-28/h2-15,36H,1H3,(H,37,38). The summed E-state index contributed by atoms with van der Waals surface area (Å²) in [5, 5.41) is 6.19. The van der Waals surface area contributed by atoms with Gasteiger partial charge in [0.1, 0.15) is 5.69 Å². The minimum atomic E-state index is -0.628. The normalized spacial score (nSPS) is 11.1. The summed E-state index contributed by atoms with van der Waals surface area (Å²) in [4.78, 5) is 29.0. The van der Waals surface area contributed by atoms with Crippen LogP contribution in [0.2, 0.25) is 20.1 Å². The van der Waals surface area contributed by atoms with Gasteiger partial charge in [0.2, 0.25) is 0 Å². The van der Waals surface area contributed by atoms with Crippen LogP contribution in [0.1, 0.15) is 26.4 Å². The van der Waals surface area contributed by atoms with E-state index in [0.29, 0.717) is 42.7 Å². The summed E-state index contributed by atoms with van der Waals surface area (Å²) in [6, 6.07) is 21.8. The van der Waals surface area contributed by atoms with E-state index in [1.165, 1.54) is 13.3 Å². The highest BCUT2D eigenvalue weighted by Gasteiger charge is 2.23. The van der Waals surface area contributed by atoms with E-state index in [9.17, 15) is 9.59 Å². The van der Waals surface area contributed by atoms with Crippen molar-refractivity contribution < 1.29 is 19.1 Å². The van der Waals surface area contributed by atoms with E-state index in [-0.39, 0.29) is 27.8 Å². The number of esters is 1. The highest BCUT2D eigenvalue weighted by Crippen LogP contribution is 2.41. The molecule has 0 aliphatic heterocycles. The first-order valence-corrected chi connectivity index (χ1v) is 13.5. The van der Waals surface area contributed by atoms with Gasteiger partial charge in [-0.05, 0) is 54.1 Å². The first kappa shape index (κ1) is 28.5. The van der Waals surface area contributed by atoms with Crippen LogP contribution in [0.25, 0.3) is 22.0 Å². The van der Waals surface area contributed by atoms with Crippen molar-refractivity contribution in [3.8, 4) is 22.6 Å². The Morgan fingerprint density at radius 2 is 1.59 bits per heavy atom. The Morgan fingerprint density at radius 1 is 0.854 bits per heavy atom. The lowest BCUT2D eigenvalue weighted by Gasteiger charge is -2.10. The molecule has 7 nitrogen and oxygen atoms in total.